The van der Waals surface area contributed by atoms with Crippen molar-refractivity contribution in [3.8, 4) is 11.5 Å². The maximum absolute atomic E-state index is 13.0. The van der Waals surface area contributed by atoms with E-state index in [1.807, 2.05) is 6.07 Å². The zero-order valence-corrected chi connectivity index (χ0v) is 18.6. The van der Waals surface area contributed by atoms with Gasteiger partial charge in [-0.2, -0.15) is 0 Å². The summed E-state index contributed by atoms with van der Waals surface area (Å²) in [6, 6.07) is 11.2. The molecule has 2 aromatic carbocycles. The number of carbonyl (C=O) groups is 2. The number of aliphatic hydroxyl groups is 1. The van der Waals surface area contributed by atoms with Gasteiger partial charge >= 0.3 is 0 Å². The van der Waals surface area contributed by atoms with Gasteiger partial charge in [-0.3, -0.25) is 9.59 Å². The molecule has 1 unspecified atom stereocenters. The molecule has 2 aromatic rings. The van der Waals surface area contributed by atoms with Crippen molar-refractivity contribution >= 4 is 29.1 Å². The normalized spacial score (nSPS) is 17.8. The number of hydrogen-bond donors (Lipinski definition) is 1. The van der Waals surface area contributed by atoms with E-state index < -0.39 is 17.7 Å². The highest BCUT2D eigenvalue weighted by Crippen LogP contribution is 2.41. The Morgan fingerprint density at radius 2 is 1.87 bits per heavy atom. The quantitative estimate of drug-likeness (QED) is 0.270. The highest BCUT2D eigenvalue weighted by atomic mass is 35.5. The van der Waals surface area contributed by atoms with Crippen LogP contribution in [0.1, 0.15) is 43.4 Å². The van der Waals surface area contributed by atoms with Gasteiger partial charge in [-0.05, 0) is 42.3 Å². The second kappa shape index (κ2) is 9.88. The largest absolute Gasteiger partial charge is 0.507 e. The number of Topliss-reactive ketones (excluding diaryl/α,β-unsaturated/α-hetero) is 1. The molecule has 1 heterocycles. The van der Waals surface area contributed by atoms with Gasteiger partial charge in [-0.1, -0.05) is 43.5 Å². The molecule has 1 aliphatic rings. The molecule has 6 nitrogen and oxygen atoms in total. The highest BCUT2D eigenvalue weighted by molar-refractivity contribution is 6.46. The Bertz CT molecular complexity index is 1020. The Balaban J connectivity index is 2.16. The lowest BCUT2D eigenvalue weighted by Gasteiger charge is -2.25. The predicted octanol–water partition coefficient (Wildman–Crippen LogP) is 4.97. The van der Waals surface area contributed by atoms with E-state index in [1.165, 1.54) is 12.0 Å². The molecular formula is C24H26ClNO5. The molecule has 1 atom stereocenters. The third kappa shape index (κ3) is 4.54. The lowest BCUT2D eigenvalue weighted by atomic mass is 9.95. The Hall–Kier alpha value is -2.99. The van der Waals surface area contributed by atoms with E-state index in [0.717, 1.165) is 19.3 Å². The molecule has 0 aromatic heterocycles. The highest BCUT2D eigenvalue weighted by Gasteiger charge is 2.45. The van der Waals surface area contributed by atoms with Crippen LogP contribution in [-0.2, 0) is 9.59 Å². The molecule has 0 aliphatic carbocycles. The minimum Gasteiger partial charge on any atom is -0.507 e. The van der Waals surface area contributed by atoms with Crippen LogP contribution in [0.2, 0.25) is 5.02 Å². The number of hydrogen-bond acceptors (Lipinski definition) is 5. The summed E-state index contributed by atoms with van der Waals surface area (Å²) in [5.74, 6) is -0.633. The molecule has 31 heavy (non-hydrogen) atoms. The van der Waals surface area contributed by atoms with Crippen molar-refractivity contribution in [2.45, 2.75) is 32.2 Å². The molecule has 1 fully saturated rings. The van der Waals surface area contributed by atoms with Crippen LogP contribution >= 0.6 is 11.6 Å². The number of amides is 1. The number of likely N-dealkylation sites (tertiary alicyclic amines) is 1. The van der Waals surface area contributed by atoms with E-state index in [-0.39, 0.29) is 11.3 Å². The standard InChI is InChI=1S/C24H26ClNO5/c1-4-5-6-12-26-21(15-8-7-9-17(13-15)30-2)20(23(28)24(26)29)22(27)16-10-11-18(25)19(14-16)31-3/h7-11,13-14,21,27H,4-6,12H2,1-3H3/b22-20-. The van der Waals surface area contributed by atoms with E-state index >= 15 is 0 Å². The smallest absolute Gasteiger partial charge is 0.295 e. The Morgan fingerprint density at radius 3 is 2.55 bits per heavy atom. The van der Waals surface area contributed by atoms with Gasteiger partial charge in [-0.25, -0.2) is 0 Å². The Labute approximate surface area is 187 Å². The number of aliphatic hydroxyl groups excluding tert-OH is 1. The second-order valence-corrected chi connectivity index (χ2v) is 7.73. The van der Waals surface area contributed by atoms with Crippen LogP contribution in [0.25, 0.3) is 5.76 Å². The van der Waals surface area contributed by atoms with E-state index in [1.54, 1.807) is 43.5 Å². The van der Waals surface area contributed by atoms with E-state index in [9.17, 15) is 14.7 Å². The number of unbranched alkanes of at least 4 members (excludes halogenated alkanes) is 2. The van der Waals surface area contributed by atoms with Crippen LogP contribution in [0.15, 0.2) is 48.0 Å². The molecule has 0 spiro atoms. The minimum atomic E-state index is -0.714. The maximum atomic E-state index is 13.0. The van der Waals surface area contributed by atoms with E-state index in [0.29, 0.717) is 34.2 Å². The summed E-state index contributed by atoms with van der Waals surface area (Å²) < 4.78 is 10.6. The summed E-state index contributed by atoms with van der Waals surface area (Å²) in [4.78, 5) is 27.5. The van der Waals surface area contributed by atoms with E-state index in [2.05, 4.69) is 6.92 Å². The molecule has 0 radical (unpaired) electrons. The molecule has 1 amide bonds. The first-order valence-corrected chi connectivity index (χ1v) is 10.6. The average molecular weight is 444 g/mol. The number of carbonyl (C=O) groups excluding carboxylic acids is 2. The number of halogens is 1. The third-order valence-electron chi connectivity index (χ3n) is 5.38. The van der Waals surface area contributed by atoms with Gasteiger partial charge in [0, 0.05) is 12.1 Å². The summed E-state index contributed by atoms with van der Waals surface area (Å²) in [5.41, 5.74) is 1.08. The lowest BCUT2D eigenvalue weighted by Crippen LogP contribution is -2.30. The SMILES string of the molecule is CCCCCN1C(=O)C(=O)/C(=C(\O)c2ccc(Cl)c(OC)c2)C1c1cccc(OC)c1. The van der Waals surface area contributed by atoms with Crippen LogP contribution < -0.4 is 9.47 Å². The fourth-order valence-electron chi connectivity index (χ4n) is 3.76. The van der Waals surface area contributed by atoms with Crippen molar-refractivity contribution in [2.24, 2.45) is 0 Å². The van der Waals surface area contributed by atoms with E-state index in [4.69, 9.17) is 21.1 Å². The first-order valence-electron chi connectivity index (χ1n) is 10.2. The molecule has 0 saturated carbocycles. The number of methoxy groups -OCH3 is 2. The van der Waals surface area contributed by atoms with Crippen LogP contribution in [0.3, 0.4) is 0 Å². The summed E-state index contributed by atoms with van der Waals surface area (Å²) in [6.45, 7) is 2.49. The van der Waals surface area contributed by atoms with Crippen LogP contribution in [-0.4, -0.2) is 42.5 Å². The topological polar surface area (TPSA) is 76.1 Å². The molecule has 1 saturated heterocycles. The minimum absolute atomic E-state index is 0.0409. The van der Waals surface area contributed by atoms with Gasteiger partial charge in [0.25, 0.3) is 11.7 Å². The maximum Gasteiger partial charge on any atom is 0.295 e. The zero-order chi connectivity index (χ0) is 22.5. The molecule has 1 aliphatic heterocycles. The molecule has 3 rings (SSSR count). The molecule has 1 N–H and O–H groups in total. The van der Waals surface area contributed by atoms with Crippen LogP contribution in [0.5, 0.6) is 11.5 Å². The first kappa shape index (κ1) is 22.7. The fourth-order valence-corrected chi connectivity index (χ4v) is 3.96. The first-order chi connectivity index (χ1) is 14.9. The third-order valence-corrected chi connectivity index (χ3v) is 5.69. The van der Waals surface area contributed by atoms with Crippen LogP contribution in [0.4, 0.5) is 0 Å². The fraction of sp³-hybridized carbons (Fsp3) is 0.333. The number of ketones is 1. The Morgan fingerprint density at radius 1 is 1.10 bits per heavy atom. The van der Waals surface area contributed by atoms with Gasteiger partial charge in [-0.15, -0.1) is 0 Å². The van der Waals surface area contributed by atoms with Gasteiger partial charge in [0.15, 0.2) is 0 Å². The van der Waals surface area contributed by atoms with Gasteiger partial charge in [0.1, 0.15) is 17.3 Å². The zero-order valence-electron chi connectivity index (χ0n) is 17.9. The van der Waals surface area contributed by atoms with Crippen molar-refractivity contribution in [3.05, 3.63) is 64.2 Å². The summed E-state index contributed by atoms with van der Waals surface area (Å²) >= 11 is 6.10. The molecule has 0 bridgehead atoms. The van der Waals surface area contributed by atoms with Crippen molar-refractivity contribution in [3.63, 3.8) is 0 Å². The van der Waals surface area contributed by atoms with Crippen molar-refractivity contribution < 1.29 is 24.2 Å². The van der Waals surface area contributed by atoms with Gasteiger partial charge in [0.05, 0.1) is 30.9 Å². The number of ether oxygens (including phenoxy) is 2. The number of nitrogens with zero attached hydrogens (tertiary/aromatic N) is 1. The van der Waals surface area contributed by atoms with Crippen molar-refractivity contribution in [2.75, 3.05) is 20.8 Å². The average Bonchev–Trinajstić information content (AvgIpc) is 3.04. The summed E-state index contributed by atoms with van der Waals surface area (Å²) in [6.07, 6.45) is 2.68. The number of benzene rings is 2. The summed E-state index contributed by atoms with van der Waals surface area (Å²) in [7, 11) is 3.02. The molecular weight excluding hydrogens is 418 g/mol. The van der Waals surface area contributed by atoms with Crippen LogP contribution in [0, 0.1) is 0 Å². The summed E-state index contributed by atoms with van der Waals surface area (Å²) in [5, 5.41) is 11.5. The predicted molar refractivity (Wildman–Crippen MR) is 120 cm³/mol. The lowest BCUT2D eigenvalue weighted by molar-refractivity contribution is -0.139. The Kier molecular flexibility index (Phi) is 7.23. The monoisotopic (exact) mass is 443 g/mol. The number of rotatable bonds is 8. The van der Waals surface area contributed by atoms with Gasteiger partial charge in [0.2, 0.25) is 0 Å². The van der Waals surface area contributed by atoms with Crippen molar-refractivity contribution in [1.29, 1.82) is 0 Å². The van der Waals surface area contributed by atoms with Crippen molar-refractivity contribution in [1.82, 2.24) is 4.90 Å². The molecule has 164 valence electrons. The van der Waals surface area contributed by atoms with Gasteiger partial charge < -0.3 is 19.5 Å². The second-order valence-electron chi connectivity index (χ2n) is 7.33. The molecule has 7 heteroatoms.